The Balaban J connectivity index is 1.38. The quantitative estimate of drug-likeness (QED) is 0.465. The largest absolute Gasteiger partial charge is 0.497 e. The summed E-state index contributed by atoms with van der Waals surface area (Å²) >= 11 is 0. The van der Waals surface area contributed by atoms with E-state index in [9.17, 15) is 4.79 Å². The minimum absolute atomic E-state index is 0.168. The van der Waals surface area contributed by atoms with Gasteiger partial charge in [-0.2, -0.15) is 0 Å². The first-order valence-corrected chi connectivity index (χ1v) is 10.9. The maximum Gasteiger partial charge on any atom is 0.322 e. The molecule has 6 rings (SSSR count). The zero-order valence-corrected chi connectivity index (χ0v) is 18.1. The number of carbonyl (C=O) groups is 1. The van der Waals surface area contributed by atoms with Gasteiger partial charge in [-0.05, 0) is 47.9 Å². The third-order valence-corrected chi connectivity index (χ3v) is 6.35. The lowest BCUT2D eigenvalue weighted by molar-refractivity contribution is 0.174. The summed E-state index contributed by atoms with van der Waals surface area (Å²) in [6.45, 7) is 0.795. The highest BCUT2D eigenvalue weighted by Gasteiger charge is 2.34. The van der Waals surface area contributed by atoms with Crippen molar-refractivity contribution in [2.75, 3.05) is 25.8 Å². The molecule has 0 saturated carbocycles. The monoisotopic (exact) mass is 441 g/mol. The fourth-order valence-electron chi connectivity index (χ4n) is 4.76. The van der Waals surface area contributed by atoms with Gasteiger partial charge in [0.05, 0.1) is 13.2 Å². The van der Waals surface area contributed by atoms with Crippen LogP contribution in [0.15, 0.2) is 66.7 Å². The van der Waals surface area contributed by atoms with Crippen molar-refractivity contribution in [2.45, 2.75) is 12.5 Å². The summed E-state index contributed by atoms with van der Waals surface area (Å²) < 4.78 is 16.2. The molecule has 7 nitrogen and oxygen atoms in total. The SMILES string of the molecule is COc1ccc([C@@H]2c3[nH]c4ccccc4c3CCN2C(=O)Nc2ccc3c(c2)OCO3)cc1. The van der Waals surface area contributed by atoms with E-state index in [2.05, 4.69) is 28.5 Å². The molecule has 2 aliphatic rings. The molecule has 0 bridgehead atoms. The van der Waals surface area contributed by atoms with E-state index in [-0.39, 0.29) is 18.9 Å². The Hall–Kier alpha value is -4.13. The van der Waals surface area contributed by atoms with E-state index in [1.165, 1.54) is 10.9 Å². The maximum atomic E-state index is 13.5. The molecule has 0 unspecified atom stereocenters. The molecule has 3 heterocycles. The first-order chi connectivity index (χ1) is 16.2. The Morgan fingerprint density at radius 2 is 1.88 bits per heavy atom. The summed E-state index contributed by atoms with van der Waals surface area (Å²) in [6, 6.07) is 21.2. The minimum atomic E-state index is -0.249. The Bertz CT molecular complexity index is 1350. The predicted molar refractivity (Wildman–Crippen MR) is 125 cm³/mol. The molecular formula is C26H23N3O4. The van der Waals surface area contributed by atoms with Crippen LogP contribution < -0.4 is 19.5 Å². The number of rotatable bonds is 3. The number of nitrogens with one attached hydrogen (secondary N) is 2. The van der Waals surface area contributed by atoms with E-state index in [1.807, 2.05) is 47.4 Å². The van der Waals surface area contributed by atoms with E-state index < -0.39 is 0 Å². The van der Waals surface area contributed by atoms with E-state index >= 15 is 0 Å². The number of methoxy groups -OCH3 is 1. The summed E-state index contributed by atoms with van der Waals surface area (Å²) in [5, 5.41) is 4.25. The second-order valence-corrected chi connectivity index (χ2v) is 8.18. The average molecular weight is 441 g/mol. The van der Waals surface area contributed by atoms with Crippen LogP contribution in [0.2, 0.25) is 0 Å². The van der Waals surface area contributed by atoms with Crippen LogP contribution in [-0.4, -0.2) is 36.4 Å². The molecule has 7 heteroatoms. The highest BCUT2D eigenvalue weighted by molar-refractivity contribution is 5.92. The number of para-hydroxylation sites is 1. The maximum absolute atomic E-state index is 13.5. The van der Waals surface area contributed by atoms with Crippen LogP contribution in [0.25, 0.3) is 10.9 Å². The molecule has 0 fully saturated rings. The lowest BCUT2D eigenvalue weighted by Gasteiger charge is -2.36. The molecule has 0 radical (unpaired) electrons. The molecule has 2 amide bonds. The third kappa shape index (κ3) is 3.33. The number of anilines is 1. The van der Waals surface area contributed by atoms with Crippen molar-refractivity contribution >= 4 is 22.6 Å². The van der Waals surface area contributed by atoms with E-state index in [0.717, 1.165) is 28.9 Å². The Labute approximate surface area is 190 Å². The van der Waals surface area contributed by atoms with Gasteiger partial charge in [-0.1, -0.05) is 30.3 Å². The van der Waals surface area contributed by atoms with Crippen LogP contribution >= 0.6 is 0 Å². The molecule has 0 aliphatic carbocycles. The van der Waals surface area contributed by atoms with Crippen LogP contribution in [0.1, 0.15) is 22.9 Å². The fourth-order valence-corrected chi connectivity index (χ4v) is 4.76. The van der Waals surface area contributed by atoms with E-state index in [0.29, 0.717) is 23.7 Å². The highest BCUT2D eigenvalue weighted by Crippen LogP contribution is 2.39. The van der Waals surface area contributed by atoms with Gasteiger partial charge < -0.3 is 29.4 Å². The molecule has 2 aliphatic heterocycles. The third-order valence-electron chi connectivity index (χ3n) is 6.35. The second kappa shape index (κ2) is 7.78. The molecule has 1 aromatic heterocycles. The van der Waals surface area contributed by atoms with Gasteiger partial charge in [0, 0.05) is 34.9 Å². The molecule has 3 aromatic carbocycles. The number of amides is 2. The minimum Gasteiger partial charge on any atom is -0.497 e. The van der Waals surface area contributed by atoms with Crippen molar-refractivity contribution < 1.29 is 19.0 Å². The molecular weight excluding hydrogens is 418 g/mol. The van der Waals surface area contributed by atoms with Crippen LogP contribution in [0.5, 0.6) is 17.2 Å². The number of benzene rings is 3. The Kier molecular flexibility index (Phi) is 4.61. The topological polar surface area (TPSA) is 75.8 Å². The van der Waals surface area contributed by atoms with Gasteiger partial charge in [0.25, 0.3) is 0 Å². The first kappa shape index (κ1) is 19.5. The zero-order chi connectivity index (χ0) is 22.4. The van der Waals surface area contributed by atoms with E-state index in [4.69, 9.17) is 14.2 Å². The number of fused-ring (bicyclic) bond motifs is 4. The number of carbonyl (C=O) groups excluding carboxylic acids is 1. The molecule has 1 atom stereocenters. The zero-order valence-electron chi connectivity index (χ0n) is 18.1. The second-order valence-electron chi connectivity index (χ2n) is 8.18. The van der Waals surface area contributed by atoms with Gasteiger partial charge in [-0.3, -0.25) is 0 Å². The van der Waals surface area contributed by atoms with Crippen molar-refractivity contribution in [3.8, 4) is 17.2 Å². The van der Waals surface area contributed by atoms with Crippen LogP contribution in [-0.2, 0) is 6.42 Å². The van der Waals surface area contributed by atoms with Crippen molar-refractivity contribution in [2.24, 2.45) is 0 Å². The van der Waals surface area contributed by atoms with Gasteiger partial charge in [0.2, 0.25) is 6.79 Å². The number of hydrogen-bond acceptors (Lipinski definition) is 4. The number of nitrogens with zero attached hydrogens (tertiary/aromatic N) is 1. The summed E-state index contributed by atoms with van der Waals surface area (Å²) in [6.07, 6.45) is 0.778. The lowest BCUT2D eigenvalue weighted by atomic mass is 9.92. The van der Waals surface area contributed by atoms with Crippen molar-refractivity contribution in [3.63, 3.8) is 0 Å². The summed E-state index contributed by atoms with van der Waals surface area (Å²) in [5.74, 6) is 2.10. The number of hydrogen-bond donors (Lipinski definition) is 2. The van der Waals surface area contributed by atoms with Crippen LogP contribution in [0, 0.1) is 0 Å². The van der Waals surface area contributed by atoms with Gasteiger partial charge >= 0.3 is 6.03 Å². The standard InChI is InChI=1S/C26H23N3O4/c1-31-18-9-6-16(7-10-18)25-24-20(19-4-2-3-5-21(19)28-24)12-13-29(25)26(30)27-17-8-11-22-23(14-17)33-15-32-22/h2-11,14,25,28H,12-13,15H2,1H3,(H,27,30)/t25-/m1/s1. The molecule has 33 heavy (non-hydrogen) atoms. The smallest absolute Gasteiger partial charge is 0.322 e. The molecule has 0 saturated heterocycles. The van der Waals surface area contributed by atoms with Gasteiger partial charge in [-0.15, -0.1) is 0 Å². The van der Waals surface area contributed by atoms with Crippen molar-refractivity contribution in [1.29, 1.82) is 0 Å². The number of aromatic amines is 1. The summed E-state index contributed by atoms with van der Waals surface area (Å²) in [7, 11) is 1.65. The summed E-state index contributed by atoms with van der Waals surface area (Å²) in [4.78, 5) is 19.0. The molecule has 166 valence electrons. The predicted octanol–water partition coefficient (Wildman–Crippen LogP) is 5.08. The number of H-pyrrole nitrogens is 1. The Morgan fingerprint density at radius 1 is 1.06 bits per heavy atom. The normalized spacial score (nSPS) is 16.5. The highest BCUT2D eigenvalue weighted by atomic mass is 16.7. The average Bonchev–Trinajstić information content (AvgIpc) is 3.47. The molecule has 2 N–H and O–H groups in total. The van der Waals surface area contributed by atoms with Crippen molar-refractivity contribution in [3.05, 3.63) is 83.6 Å². The fraction of sp³-hybridized carbons (Fsp3) is 0.192. The number of ether oxygens (including phenoxy) is 3. The van der Waals surface area contributed by atoms with Crippen LogP contribution in [0.4, 0.5) is 10.5 Å². The van der Waals surface area contributed by atoms with Gasteiger partial charge in [0.1, 0.15) is 5.75 Å². The van der Waals surface area contributed by atoms with E-state index in [1.54, 1.807) is 13.2 Å². The number of urea groups is 1. The van der Waals surface area contributed by atoms with Crippen LogP contribution in [0.3, 0.4) is 0 Å². The van der Waals surface area contributed by atoms with Gasteiger partial charge in [0.15, 0.2) is 11.5 Å². The lowest BCUT2D eigenvalue weighted by Crippen LogP contribution is -2.43. The summed E-state index contributed by atoms with van der Waals surface area (Å²) in [5.41, 5.74) is 5.08. The number of aromatic nitrogens is 1. The Morgan fingerprint density at radius 3 is 2.73 bits per heavy atom. The molecule has 0 spiro atoms. The van der Waals surface area contributed by atoms with Crippen molar-refractivity contribution in [1.82, 2.24) is 9.88 Å². The van der Waals surface area contributed by atoms with Gasteiger partial charge in [-0.25, -0.2) is 4.79 Å². The first-order valence-electron chi connectivity index (χ1n) is 10.9. The molecule has 4 aromatic rings.